The summed E-state index contributed by atoms with van der Waals surface area (Å²) in [4.78, 5) is 37.7. The lowest BCUT2D eigenvalue weighted by atomic mass is 10.1. The molecule has 0 unspecified atom stereocenters. The fourth-order valence-electron chi connectivity index (χ4n) is 3.77. The fourth-order valence-corrected chi connectivity index (χ4v) is 3.77. The van der Waals surface area contributed by atoms with Crippen LogP contribution in [0.25, 0.3) is 11.3 Å². The smallest absolute Gasteiger partial charge is 0.255 e. The summed E-state index contributed by atoms with van der Waals surface area (Å²) in [5.41, 5.74) is 4.23. The first-order chi connectivity index (χ1) is 15.5. The number of amides is 3. The summed E-state index contributed by atoms with van der Waals surface area (Å²) in [6.45, 7) is 3.27. The molecular weight excluding hydrogens is 404 g/mol. The Morgan fingerprint density at radius 2 is 1.69 bits per heavy atom. The first-order valence-electron chi connectivity index (χ1n) is 10.8. The molecule has 1 saturated heterocycles. The van der Waals surface area contributed by atoms with Crippen molar-refractivity contribution in [1.29, 1.82) is 0 Å². The molecule has 1 fully saturated rings. The lowest BCUT2D eigenvalue weighted by Gasteiger charge is -2.13. The Kier molecular flexibility index (Phi) is 6.44. The minimum Gasteiger partial charge on any atom is -0.352 e. The summed E-state index contributed by atoms with van der Waals surface area (Å²) in [6.07, 6.45) is 2.85. The van der Waals surface area contributed by atoms with Gasteiger partial charge in [-0.1, -0.05) is 60.2 Å². The largest absolute Gasteiger partial charge is 0.352 e. The highest BCUT2D eigenvalue weighted by Gasteiger charge is 2.28. The third kappa shape index (κ3) is 4.94. The molecule has 7 heteroatoms. The van der Waals surface area contributed by atoms with E-state index in [0.29, 0.717) is 37.3 Å². The van der Waals surface area contributed by atoms with Crippen LogP contribution in [0.3, 0.4) is 0 Å². The molecule has 0 atom stereocenters. The normalized spacial score (nSPS) is 13.6. The van der Waals surface area contributed by atoms with Crippen molar-refractivity contribution in [1.82, 2.24) is 20.0 Å². The van der Waals surface area contributed by atoms with Crippen LogP contribution in [0.5, 0.6) is 0 Å². The van der Waals surface area contributed by atoms with Gasteiger partial charge in [-0.25, -0.2) is 0 Å². The Balaban J connectivity index is 1.47. The van der Waals surface area contributed by atoms with E-state index in [2.05, 4.69) is 5.32 Å². The number of rotatable bonds is 8. The summed E-state index contributed by atoms with van der Waals surface area (Å²) < 4.78 is 1.78. The van der Waals surface area contributed by atoms with Gasteiger partial charge in [-0.05, 0) is 18.9 Å². The van der Waals surface area contributed by atoms with Gasteiger partial charge in [-0.2, -0.15) is 5.10 Å². The number of carbonyl (C=O) groups excluding carboxylic acids is 3. The van der Waals surface area contributed by atoms with Gasteiger partial charge in [0.25, 0.3) is 5.91 Å². The summed E-state index contributed by atoms with van der Waals surface area (Å²) >= 11 is 0. The second kappa shape index (κ2) is 9.60. The van der Waals surface area contributed by atoms with E-state index in [9.17, 15) is 14.4 Å². The van der Waals surface area contributed by atoms with Crippen LogP contribution in [-0.4, -0.2) is 45.5 Å². The molecule has 0 radical (unpaired) electrons. The number of nitrogens with zero attached hydrogens (tertiary/aromatic N) is 3. The fraction of sp³-hybridized carbons (Fsp3) is 0.280. The van der Waals surface area contributed by atoms with Gasteiger partial charge >= 0.3 is 0 Å². The Hall–Kier alpha value is -3.74. The van der Waals surface area contributed by atoms with Crippen molar-refractivity contribution in [3.8, 4) is 11.3 Å². The van der Waals surface area contributed by atoms with Crippen molar-refractivity contribution in [3.63, 3.8) is 0 Å². The number of aryl methyl sites for hydroxylation is 1. The molecule has 0 spiro atoms. The number of carbonyl (C=O) groups is 3. The highest BCUT2D eigenvalue weighted by Crippen LogP contribution is 2.23. The number of imide groups is 1. The van der Waals surface area contributed by atoms with Crippen LogP contribution in [0.4, 0.5) is 0 Å². The van der Waals surface area contributed by atoms with Crippen LogP contribution < -0.4 is 5.32 Å². The molecule has 1 aliphatic heterocycles. The molecule has 1 N–H and O–H groups in total. The molecule has 2 heterocycles. The Morgan fingerprint density at radius 1 is 1.00 bits per heavy atom. The number of nitrogens with one attached hydrogen (secondary N) is 1. The zero-order valence-electron chi connectivity index (χ0n) is 18.1. The maximum atomic E-state index is 13.0. The molecule has 1 aliphatic rings. The first-order valence-corrected chi connectivity index (χ1v) is 10.8. The number of aromatic nitrogens is 2. The second-order valence-electron chi connectivity index (χ2n) is 7.99. The molecule has 0 aliphatic carbocycles. The van der Waals surface area contributed by atoms with Crippen LogP contribution in [0.15, 0.2) is 60.8 Å². The summed E-state index contributed by atoms with van der Waals surface area (Å²) in [5.74, 6) is -0.491. The molecular formula is C25H26N4O3. The molecule has 3 amide bonds. The highest BCUT2D eigenvalue weighted by atomic mass is 16.2. The van der Waals surface area contributed by atoms with Gasteiger partial charge in [0.15, 0.2) is 0 Å². The Bertz CT molecular complexity index is 1100. The van der Waals surface area contributed by atoms with Crippen LogP contribution in [0.2, 0.25) is 0 Å². The first kappa shape index (κ1) is 21.5. The van der Waals surface area contributed by atoms with E-state index in [1.54, 1.807) is 10.9 Å². The van der Waals surface area contributed by atoms with Crippen molar-refractivity contribution in [3.05, 3.63) is 77.5 Å². The monoisotopic (exact) mass is 430 g/mol. The van der Waals surface area contributed by atoms with E-state index in [1.165, 1.54) is 4.90 Å². The second-order valence-corrected chi connectivity index (χ2v) is 7.99. The van der Waals surface area contributed by atoms with Crippen molar-refractivity contribution in [2.24, 2.45) is 0 Å². The molecule has 0 saturated carbocycles. The van der Waals surface area contributed by atoms with E-state index in [1.807, 2.05) is 61.5 Å². The van der Waals surface area contributed by atoms with Crippen LogP contribution in [0, 0.1) is 6.92 Å². The summed E-state index contributed by atoms with van der Waals surface area (Å²) in [6, 6.07) is 17.9. The van der Waals surface area contributed by atoms with Gasteiger partial charge in [0.2, 0.25) is 11.8 Å². The summed E-state index contributed by atoms with van der Waals surface area (Å²) in [7, 11) is 0. The highest BCUT2D eigenvalue weighted by molar-refractivity contribution is 6.02. The van der Waals surface area contributed by atoms with E-state index >= 15 is 0 Å². The van der Waals surface area contributed by atoms with Crippen molar-refractivity contribution < 1.29 is 14.4 Å². The van der Waals surface area contributed by atoms with Crippen LogP contribution >= 0.6 is 0 Å². The number of benzene rings is 2. The predicted molar refractivity (Wildman–Crippen MR) is 121 cm³/mol. The average Bonchev–Trinajstić information content (AvgIpc) is 3.35. The number of hydrogen-bond donors (Lipinski definition) is 1. The molecule has 2 aromatic carbocycles. The Labute approximate surface area is 187 Å². The van der Waals surface area contributed by atoms with Gasteiger partial charge in [0.1, 0.15) is 5.69 Å². The number of likely N-dealkylation sites (tertiary alicyclic amines) is 1. The van der Waals surface area contributed by atoms with Crippen molar-refractivity contribution in [2.75, 3.05) is 13.1 Å². The third-order valence-corrected chi connectivity index (χ3v) is 5.52. The number of hydrogen-bond acceptors (Lipinski definition) is 4. The topological polar surface area (TPSA) is 84.3 Å². The van der Waals surface area contributed by atoms with E-state index in [4.69, 9.17) is 5.10 Å². The lowest BCUT2D eigenvalue weighted by molar-refractivity contribution is -0.138. The minimum absolute atomic E-state index is 0.134. The van der Waals surface area contributed by atoms with Crippen molar-refractivity contribution >= 4 is 17.7 Å². The third-order valence-electron chi connectivity index (χ3n) is 5.52. The van der Waals surface area contributed by atoms with E-state index in [-0.39, 0.29) is 30.6 Å². The van der Waals surface area contributed by atoms with Gasteiger partial charge in [0.05, 0.1) is 12.1 Å². The SMILES string of the molecule is Cc1ccc(-c2nn(Cc3ccccc3)cc2C(=O)NCCCN2C(=O)CCC2=O)cc1. The predicted octanol–water partition coefficient (Wildman–Crippen LogP) is 3.18. The maximum absolute atomic E-state index is 13.0. The van der Waals surface area contributed by atoms with E-state index < -0.39 is 0 Å². The van der Waals surface area contributed by atoms with Gasteiger partial charge in [-0.15, -0.1) is 0 Å². The van der Waals surface area contributed by atoms with Crippen molar-refractivity contribution in [2.45, 2.75) is 32.7 Å². The zero-order valence-corrected chi connectivity index (χ0v) is 18.1. The molecule has 164 valence electrons. The van der Waals surface area contributed by atoms with Gasteiger partial charge in [0, 0.05) is 37.7 Å². The quantitative estimate of drug-likeness (QED) is 0.439. The lowest BCUT2D eigenvalue weighted by Crippen LogP contribution is -2.33. The molecule has 0 bridgehead atoms. The molecule has 32 heavy (non-hydrogen) atoms. The maximum Gasteiger partial charge on any atom is 0.255 e. The summed E-state index contributed by atoms with van der Waals surface area (Å²) in [5, 5.41) is 7.61. The van der Waals surface area contributed by atoms with Crippen LogP contribution in [-0.2, 0) is 16.1 Å². The molecule has 3 aromatic rings. The van der Waals surface area contributed by atoms with E-state index in [0.717, 1.165) is 16.7 Å². The zero-order chi connectivity index (χ0) is 22.5. The molecule has 1 aromatic heterocycles. The standard InChI is InChI=1S/C25H26N4O3/c1-18-8-10-20(11-9-18)24-21(17-28(27-24)16-19-6-3-2-4-7-19)25(32)26-14-5-15-29-22(30)12-13-23(29)31/h2-4,6-11,17H,5,12-16H2,1H3,(H,26,32). The Morgan fingerprint density at radius 3 is 2.38 bits per heavy atom. The minimum atomic E-state index is -0.223. The molecule has 7 nitrogen and oxygen atoms in total. The van der Waals surface area contributed by atoms with Gasteiger partial charge in [-0.3, -0.25) is 24.0 Å². The van der Waals surface area contributed by atoms with Crippen LogP contribution in [0.1, 0.15) is 40.7 Å². The molecule has 4 rings (SSSR count). The average molecular weight is 431 g/mol. The van der Waals surface area contributed by atoms with Gasteiger partial charge < -0.3 is 5.32 Å².